The fourth-order valence-electron chi connectivity index (χ4n) is 2.17. The topological polar surface area (TPSA) is 49.3 Å². The largest absolute Gasteiger partial charge is 0.357 e. The van der Waals surface area contributed by atoms with Crippen LogP contribution in [0.5, 0.6) is 0 Å². The van der Waals surface area contributed by atoms with Gasteiger partial charge in [-0.25, -0.2) is 9.37 Å². The van der Waals surface area contributed by atoms with Gasteiger partial charge >= 0.3 is 0 Å². The van der Waals surface area contributed by atoms with Gasteiger partial charge in [-0.1, -0.05) is 29.8 Å². The van der Waals surface area contributed by atoms with E-state index in [0.29, 0.717) is 11.7 Å². The summed E-state index contributed by atoms with van der Waals surface area (Å²) in [6.07, 6.45) is 3.40. The SMILES string of the molecule is CCNC(=NCCc1ccc(F)cc1)NCCc1ccc(Cl)nc1. The Kier molecular flexibility index (Phi) is 7.49. The predicted molar refractivity (Wildman–Crippen MR) is 97.0 cm³/mol. The number of nitrogens with one attached hydrogen (secondary N) is 2. The first-order valence-electron chi connectivity index (χ1n) is 8.04. The molecule has 6 heteroatoms. The van der Waals surface area contributed by atoms with Crippen molar-refractivity contribution in [3.8, 4) is 0 Å². The number of aliphatic imine (C=N–C) groups is 1. The second-order valence-corrected chi connectivity index (χ2v) is 5.69. The van der Waals surface area contributed by atoms with Gasteiger partial charge in [-0.05, 0) is 49.1 Å². The molecule has 1 heterocycles. The van der Waals surface area contributed by atoms with E-state index >= 15 is 0 Å². The zero-order chi connectivity index (χ0) is 17.2. The highest BCUT2D eigenvalue weighted by molar-refractivity contribution is 6.29. The second kappa shape index (κ2) is 9.88. The summed E-state index contributed by atoms with van der Waals surface area (Å²) in [4.78, 5) is 8.61. The van der Waals surface area contributed by atoms with E-state index in [4.69, 9.17) is 11.6 Å². The molecule has 128 valence electrons. The zero-order valence-electron chi connectivity index (χ0n) is 13.7. The van der Waals surface area contributed by atoms with Gasteiger partial charge in [0.1, 0.15) is 11.0 Å². The third kappa shape index (κ3) is 6.54. The number of hydrogen-bond acceptors (Lipinski definition) is 2. The van der Waals surface area contributed by atoms with Gasteiger partial charge < -0.3 is 10.6 Å². The smallest absolute Gasteiger partial charge is 0.191 e. The van der Waals surface area contributed by atoms with Crippen molar-refractivity contribution in [3.63, 3.8) is 0 Å². The summed E-state index contributed by atoms with van der Waals surface area (Å²) in [6.45, 7) is 4.22. The van der Waals surface area contributed by atoms with Gasteiger partial charge in [-0.2, -0.15) is 0 Å². The predicted octanol–water partition coefficient (Wildman–Crippen LogP) is 3.21. The van der Waals surface area contributed by atoms with Crippen molar-refractivity contribution >= 4 is 17.6 Å². The highest BCUT2D eigenvalue weighted by atomic mass is 35.5. The molecule has 2 aromatic rings. The highest BCUT2D eigenvalue weighted by Crippen LogP contribution is 2.05. The monoisotopic (exact) mass is 348 g/mol. The quantitative estimate of drug-likeness (QED) is 0.459. The molecule has 0 bridgehead atoms. The third-order valence-electron chi connectivity index (χ3n) is 3.42. The van der Waals surface area contributed by atoms with Crippen LogP contribution in [-0.4, -0.2) is 30.6 Å². The van der Waals surface area contributed by atoms with Crippen LogP contribution in [0.2, 0.25) is 5.15 Å². The number of halogens is 2. The van der Waals surface area contributed by atoms with Crippen molar-refractivity contribution in [2.24, 2.45) is 4.99 Å². The Morgan fingerprint density at radius 2 is 1.83 bits per heavy atom. The number of guanidine groups is 1. The van der Waals surface area contributed by atoms with Crippen LogP contribution in [0.1, 0.15) is 18.1 Å². The molecule has 4 nitrogen and oxygen atoms in total. The standard InChI is InChI=1S/C18H22ClFN4/c1-2-21-18(22-11-9-14-3-6-16(20)7-4-14)23-12-10-15-5-8-17(19)24-13-15/h3-8,13H,2,9-12H2,1H3,(H2,21,22,23). The molecule has 0 radical (unpaired) electrons. The van der Waals surface area contributed by atoms with Crippen LogP contribution in [0, 0.1) is 5.82 Å². The Bertz CT molecular complexity index is 641. The van der Waals surface area contributed by atoms with Crippen LogP contribution in [-0.2, 0) is 12.8 Å². The normalized spacial score (nSPS) is 11.4. The zero-order valence-corrected chi connectivity index (χ0v) is 14.5. The van der Waals surface area contributed by atoms with Crippen LogP contribution in [0.3, 0.4) is 0 Å². The maximum absolute atomic E-state index is 12.9. The Hall–Kier alpha value is -2.14. The Morgan fingerprint density at radius 3 is 2.50 bits per heavy atom. The molecule has 0 aliphatic carbocycles. The third-order valence-corrected chi connectivity index (χ3v) is 3.65. The first-order chi connectivity index (χ1) is 11.7. The summed E-state index contributed by atoms with van der Waals surface area (Å²) in [5.41, 5.74) is 2.19. The van der Waals surface area contributed by atoms with E-state index in [1.165, 1.54) is 12.1 Å². The fourth-order valence-corrected chi connectivity index (χ4v) is 2.28. The number of pyridine rings is 1. The molecule has 0 saturated heterocycles. The fraction of sp³-hybridized carbons (Fsp3) is 0.333. The van der Waals surface area contributed by atoms with Crippen molar-refractivity contribution < 1.29 is 4.39 Å². The first kappa shape index (κ1) is 18.2. The number of nitrogens with zero attached hydrogens (tertiary/aromatic N) is 2. The van der Waals surface area contributed by atoms with Crippen LogP contribution in [0.15, 0.2) is 47.6 Å². The highest BCUT2D eigenvalue weighted by Gasteiger charge is 1.99. The van der Waals surface area contributed by atoms with Gasteiger partial charge in [0.05, 0.1) is 0 Å². The molecular formula is C18H22ClFN4. The minimum atomic E-state index is -0.214. The summed E-state index contributed by atoms with van der Waals surface area (Å²) < 4.78 is 12.9. The molecule has 0 amide bonds. The summed E-state index contributed by atoms with van der Waals surface area (Å²) >= 11 is 5.78. The average Bonchev–Trinajstić information content (AvgIpc) is 2.58. The molecule has 0 aliphatic heterocycles. The van der Waals surface area contributed by atoms with Gasteiger partial charge in [0.2, 0.25) is 0 Å². The lowest BCUT2D eigenvalue weighted by atomic mass is 10.1. The molecule has 0 saturated carbocycles. The van der Waals surface area contributed by atoms with E-state index in [9.17, 15) is 4.39 Å². The molecule has 0 spiro atoms. The summed E-state index contributed by atoms with van der Waals surface area (Å²) in [7, 11) is 0. The van der Waals surface area contributed by atoms with Crippen molar-refractivity contribution in [1.82, 2.24) is 15.6 Å². The van der Waals surface area contributed by atoms with Crippen molar-refractivity contribution in [2.45, 2.75) is 19.8 Å². The lowest BCUT2D eigenvalue weighted by molar-refractivity contribution is 0.627. The molecule has 2 N–H and O–H groups in total. The molecule has 1 aromatic carbocycles. The van der Waals surface area contributed by atoms with Gasteiger partial charge in [0.25, 0.3) is 0 Å². The van der Waals surface area contributed by atoms with E-state index in [2.05, 4.69) is 20.6 Å². The van der Waals surface area contributed by atoms with Gasteiger partial charge in [-0.15, -0.1) is 0 Å². The maximum Gasteiger partial charge on any atom is 0.191 e. The minimum Gasteiger partial charge on any atom is -0.357 e. The van der Waals surface area contributed by atoms with Crippen LogP contribution >= 0.6 is 11.6 Å². The molecular weight excluding hydrogens is 327 g/mol. The number of benzene rings is 1. The molecule has 1 aromatic heterocycles. The molecule has 2 rings (SSSR count). The molecule has 0 unspecified atom stereocenters. The average molecular weight is 349 g/mol. The molecule has 24 heavy (non-hydrogen) atoms. The number of rotatable bonds is 7. The second-order valence-electron chi connectivity index (χ2n) is 5.30. The maximum atomic E-state index is 12.9. The lowest BCUT2D eigenvalue weighted by Crippen LogP contribution is -2.38. The van der Waals surface area contributed by atoms with Gasteiger partial charge in [0, 0.05) is 25.8 Å². The molecule has 0 atom stereocenters. The summed E-state index contributed by atoms with van der Waals surface area (Å²) in [5.74, 6) is 0.565. The Morgan fingerprint density at radius 1 is 1.08 bits per heavy atom. The van der Waals surface area contributed by atoms with E-state index in [0.717, 1.165) is 43.0 Å². The molecule has 0 aliphatic rings. The number of aromatic nitrogens is 1. The van der Waals surface area contributed by atoms with Crippen molar-refractivity contribution in [3.05, 3.63) is 64.7 Å². The Labute approximate surface area is 147 Å². The number of hydrogen-bond donors (Lipinski definition) is 2. The van der Waals surface area contributed by atoms with Crippen molar-refractivity contribution in [1.29, 1.82) is 0 Å². The minimum absolute atomic E-state index is 0.214. The van der Waals surface area contributed by atoms with Crippen LogP contribution in [0.25, 0.3) is 0 Å². The lowest BCUT2D eigenvalue weighted by Gasteiger charge is -2.11. The first-order valence-corrected chi connectivity index (χ1v) is 8.42. The van der Waals surface area contributed by atoms with E-state index in [-0.39, 0.29) is 5.82 Å². The van der Waals surface area contributed by atoms with E-state index < -0.39 is 0 Å². The Balaban J connectivity index is 1.79. The van der Waals surface area contributed by atoms with E-state index in [1.807, 2.05) is 13.0 Å². The van der Waals surface area contributed by atoms with Crippen LogP contribution < -0.4 is 10.6 Å². The van der Waals surface area contributed by atoms with Crippen LogP contribution in [0.4, 0.5) is 4.39 Å². The molecule has 0 fully saturated rings. The summed E-state index contributed by atoms with van der Waals surface area (Å²) in [5, 5.41) is 7.02. The van der Waals surface area contributed by atoms with Gasteiger partial charge in [-0.3, -0.25) is 4.99 Å². The van der Waals surface area contributed by atoms with E-state index in [1.54, 1.807) is 24.4 Å². The van der Waals surface area contributed by atoms with Crippen molar-refractivity contribution in [2.75, 3.05) is 19.6 Å². The summed E-state index contributed by atoms with van der Waals surface area (Å²) in [6, 6.07) is 10.3. The van der Waals surface area contributed by atoms with Gasteiger partial charge in [0.15, 0.2) is 5.96 Å².